The molecule has 1 aliphatic rings. The summed E-state index contributed by atoms with van der Waals surface area (Å²) in [5.41, 5.74) is 16.1. The Morgan fingerprint density at radius 3 is 2.70 bits per heavy atom. The highest BCUT2D eigenvalue weighted by atomic mass is 16.2. The van der Waals surface area contributed by atoms with Crippen LogP contribution in [-0.2, 0) is 24.3 Å². The maximum atomic E-state index is 13.1. The Labute approximate surface area is 178 Å². The molecule has 1 heterocycles. The van der Waals surface area contributed by atoms with E-state index in [1.807, 2.05) is 0 Å². The molecule has 0 aliphatic carbocycles. The van der Waals surface area contributed by atoms with Crippen LogP contribution in [0.25, 0.3) is 10.8 Å². The smallest absolute Gasteiger partial charge is 0.243 e. The molecule has 3 aromatic rings. The summed E-state index contributed by atoms with van der Waals surface area (Å²) in [5.74, 6) is 0.0813. The maximum absolute atomic E-state index is 13.1. The predicted octanol–water partition coefficient (Wildman–Crippen LogP) is 3.08. The van der Waals surface area contributed by atoms with Gasteiger partial charge >= 0.3 is 0 Å². The number of rotatable bonds is 8. The number of nitrogens with two attached hydrogens (primary N) is 2. The lowest BCUT2D eigenvalue weighted by molar-refractivity contribution is -0.122. The highest BCUT2D eigenvalue weighted by molar-refractivity contribution is 5.90. The SMILES string of the molecule is NCCCCNC(=O)C1Cc2ccc(CN)cc2N1Cc1cccc2ccccc12. The van der Waals surface area contributed by atoms with Crippen molar-refractivity contribution in [2.24, 2.45) is 11.5 Å². The molecule has 0 saturated heterocycles. The summed E-state index contributed by atoms with van der Waals surface area (Å²) < 4.78 is 0. The predicted molar refractivity (Wildman–Crippen MR) is 123 cm³/mol. The molecular formula is C25H30N4O. The van der Waals surface area contributed by atoms with E-state index >= 15 is 0 Å². The van der Waals surface area contributed by atoms with Crippen molar-refractivity contribution in [3.63, 3.8) is 0 Å². The van der Waals surface area contributed by atoms with Crippen LogP contribution in [0.2, 0.25) is 0 Å². The summed E-state index contributed by atoms with van der Waals surface area (Å²) in [6.07, 6.45) is 2.54. The second-order valence-electron chi connectivity index (χ2n) is 7.94. The van der Waals surface area contributed by atoms with Gasteiger partial charge in [-0.15, -0.1) is 0 Å². The van der Waals surface area contributed by atoms with Gasteiger partial charge in [-0.25, -0.2) is 0 Å². The number of anilines is 1. The maximum Gasteiger partial charge on any atom is 0.243 e. The number of fused-ring (bicyclic) bond motifs is 2. The monoisotopic (exact) mass is 402 g/mol. The second-order valence-corrected chi connectivity index (χ2v) is 7.94. The van der Waals surface area contributed by atoms with Crippen LogP contribution in [-0.4, -0.2) is 25.0 Å². The van der Waals surface area contributed by atoms with Gasteiger partial charge in [0, 0.05) is 31.7 Å². The number of nitrogens with one attached hydrogen (secondary N) is 1. The van der Waals surface area contributed by atoms with Gasteiger partial charge in [0.15, 0.2) is 0 Å². The fourth-order valence-electron chi connectivity index (χ4n) is 4.30. The fourth-order valence-corrected chi connectivity index (χ4v) is 4.30. The molecule has 1 unspecified atom stereocenters. The summed E-state index contributed by atoms with van der Waals surface area (Å²) in [6.45, 7) is 2.49. The number of nitrogens with zero attached hydrogens (tertiary/aromatic N) is 1. The van der Waals surface area contributed by atoms with Gasteiger partial charge in [0.05, 0.1) is 0 Å². The third kappa shape index (κ3) is 4.18. The minimum absolute atomic E-state index is 0.0813. The van der Waals surface area contributed by atoms with E-state index in [4.69, 9.17) is 11.5 Å². The topological polar surface area (TPSA) is 84.4 Å². The molecule has 1 aliphatic heterocycles. The molecule has 4 rings (SSSR count). The lowest BCUT2D eigenvalue weighted by Crippen LogP contribution is -2.45. The van der Waals surface area contributed by atoms with Gasteiger partial charge in [-0.1, -0.05) is 54.6 Å². The van der Waals surface area contributed by atoms with E-state index in [9.17, 15) is 4.79 Å². The normalized spacial score (nSPS) is 15.4. The quantitative estimate of drug-likeness (QED) is 0.506. The fraction of sp³-hybridized carbons (Fsp3) is 0.320. The first-order valence-electron chi connectivity index (χ1n) is 10.7. The molecule has 5 heteroatoms. The lowest BCUT2D eigenvalue weighted by Gasteiger charge is -2.28. The van der Waals surface area contributed by atoms with Crippen molar-refractivity contribution >= 4 is 22.4 Å². The minimum atomic E-state index is -0.218. The van der Waals surface area contributed by atoms with Gasteiger partial charge in [-0.05, 0) is 52.9 Å². The lowest BCUT2D eigenvalue weighted by atomic mass is 10.0. The summed E-state index contributed by atoms with van der Waals surface area (Å²) >= 11 is 0. The highest BCUT2D eigenvalue weighted by Crippen LogP contribution is 2.35. The van der Waals surface area contributed by atoms with Gasteiger partial charge in [-0.2, -0.15) is 0 Å². The Morgan fingerprint density at radius 1 is 1.03 bits per heavy atom. The molecule has 5 N–H and O–H groups in total. The molecule has 1 atom stereocenters. The Hall–Kier alpha value is -2.89. The zero-order valence-electron chi connectivity index (χ0n) is 17.3. The van der Waals surface area contributed by atoms with Crippen LogP contribution in [0, 0.1) is 0 Å². The first-order chi connectivity index (χ1) is 14.7. The molecule has 0 aromatic heterocycles. The van der Waals surface area contributed by atoms with E-state index in [1.165, 1.54) is 21.9 Å². The molecule has 0 spiro atoms. The number of unbranched alkanes of at least 4 members (excludes halogenated alkanes) is 1. The van der Waals surface area contributed by atoms with Crippen molar-refractivity contribution in [3.8, 4) is 0 Å². The number of carbonyl (C=O) groups is 1. The highest BCUT2D eigenvalue weighted by Gasteiger charge is 2.34. The summed E-state index contributed by atoms with van der Waals surface area (Å²) in [6, 6.07) is 20.9. The largest absolute Gasteiger partial charge is 0.355 e. The molecular weight excluding hydrogens is 372 g/mol. The standard InChI is InChI=1S/C25H30N4O/c26-12-3-4-13-28-25(30)24-15-20-11-10-18(16-27)14-23(20)29(24)17-21-8-5-7-19-6-1-2-9-22(19)21/h1-2,5-11,14,24H,3-4,12-13,15-17,26-27H2,(H,28,30). The molecule has 1 amide bonds. The van der Waals surface area contributed by atoms with E-state index in [-0.39, 0.29) is 11.9 Å². The Morgan fingerprint density at radius 2 is 1.87 bits per heavy atom. The van der Waals surface area contributed by atoms with Gasteiger partial charge in [0.25, 0.3) is 0 Å². The third-order valence-electron chi connectivity index (χ3n) is 5.94. The van der Waals surface area contributed by atoms with Crippen molar-refractivity contribution in [2.75, 3.05) is 18.0 Å². The van der Waals surface area contributed by atoms with Crippen molar-refractivity contribution in [1.29, 1.82) is 0 Å². The van der Waals surface area contributed by atoms with E-state index in [0.29, 0.717) is 32.6 Å². The molecule has 3 aromatic carbocycles. The van der Waals surface area contributed by atoms with Crippen LogP contribution in [0.4, 0.5) is 5.69 Å². The summed E-state index contributed by atoms with van der Waals surface area (Å²) in [5, 5.41) is 5.56. The first-order valence-corrected chi connectivity index (χ1v) is 10.7. The Balaban J connectivity index is 1.64. The average Bonchev–Trinajstić information content (AvgIpc) is 3.14. The van der Waals surface area contributed by atoms with Crippen molar-refractivity contribution < 1.29 is 4.79 Å². The van der Waals surface area contributed by atoms with Gasteiger partial charge in [0.2, 0.25) is 5.91 Å². The molecule has 0 saturated carbocycles. The number of amides is 1. The van der Waals surface area contributed by atoms with E-state index < -0.39 is 0 Å². The molecule has 0 bridgehead atoms. The van der Waals surface area contributed by atoms with Crippen molar-refractivity contribution in [1.82, 2.24) is 5.32 Å². The molecule has 0 fully saturated rings. The zero-order valence-corrected chi connectivity index (χ0v) is 17.3. The number of hydrogen-bond donors (Lipinski definition) is 3. The second kappa shape index (κ2) is 9.28. The van der Waals surface area contributed by atoms with E-state index in [1.54, 1.807) is 0 Å². The van der Waals surface area contributed by atoms with Crippen LogP contribution in [0.5, 0.6) is 0 Å². The van der Waals surface area contributed by atoms with Crippen LogP contribution in [0.1, 0.15) is 29.5 Å². The number of benzene rings is 3. The molecule has 0 radical (unpaired) electrons. The summed E-state index contributed by atoms with van der Waals surface area (Å²) in [7, 11) is 0. The Bertz CT molecular complexity index is 1030. The van der Waals surface area contributed by atoms with E-state index in [0.717, 1.165) is 24.1 Å². The van der Waals surface area contributed by atoms with Crippen LogP contribution in [0.15, 0.2) is 60.7 Å². The van der Waals surface area contributed by atoms with Crippen LogP contribution >= 0.6 is 0 Å². The van der Waals surface area contributed by atoms with Crippen molar-refractivity contribution in [3.05, 3.63) is 77.4 Å². The minimum Gasteiger partial charge on any atom is -0.355 e. The van der Waals surface area contributed by atoms with Crippen LogP contribution < -0.4 is 21.7 Å². The van der Waals surface area contributed by atoms with Gasteiger partial charge in [-0.3, -0.25) is 4.79 Å². The van der Waals surface area contributed by atoms with Gasteiger partial charge < -0.3 is 21.7 Å². The zero-order chi connectivity index (χ0) is 20.9. The summed E-state index contributed by atoms with van der Waals surface area (Å²) in [4.78, 5) is 15.3. The number of carbonyl (C=O) groups excluding carboxylic acids is 1. The van der Waals surface area contributed by atoms with Gasteiger partial charge in [0.1, 0.15) is 6.04 Å². The molecule has 30 heavy (non-hydrogen) atoms. The average molecular weight is 403 g/mol. The molecule has 5 nitrogen and oxygen atoms in total. The van der Waals surface area contributed by atoms with E-state index in [2.05, 4.69) is 70.9 Å². The van der Waals surface area contributed by atoms with Crippen molar-refractivity contribution in [2.45, 2.75) is 38.4 Å². The first kappa shape index (κ1) is 20.4. The Kier molecular flexibility index (Phi) is 6.31. The third-order valence-corrected chi connectivity index (χ3v) is 5.94. The number of hydrogen-bond acceptors (Lipinski definition) is 4. The van der Waals surface area contributed by atoms with Crippen LogP contribution in [0.3, 0.4) is 0 Å². The molecule has 156 valence electrons.